The zero-order valence-corrected chi connectivity index (χ0v) is 11.6. The summed E-state index contributed by atoms with van der Waals surface area (Å²) in [6.07, 6.45) is 0. The molecule has 0 bridgehead atoms. The number of amides is 1. The Bertz CT molecular complexity index is 446. The molecule has 0 heterocycles. The molecule has 0 atom stereocenters. The van der Waals surface area contributed by atoms with E-state index in [9.17, 15) is 9.59 Å². The monoisotopic (exact) mass is 267 g/mol. The van der Waals surface area contributed by atoms with Crippen LogP contribution in [0.4, 0.5) is 0 Å². The second-order valence-corrected chi connectivity index (χ2v) is 4.93. The minimum absolute atomic E-state index is 0.0806. The molecule has 0 aliphatic rings. The lowest BCUT2D eigenvalue weighted by Crippen LogP contribution is -2.31. The van der Waals surface area contributed by atoms with Gasteiger partial charge < -0.3 is 10.1 Å². The second kappa shape index (κ2) is 7.06. The summed E-state index contributed by atoms with van der Waals surface area (Å²) in [5, 5.41) is 2.50. The third-order valence-corrected chi connectivity index (χ3v) is 3.52. The van der Waals surface area contributed by atoms with Crippen LogP contribution in [-0.4, -0.2) is 31.3 Å². The molecule has 0 aliphatic heterocycles. The summed E-state index contributed by atoms with van der Waals surface area (Å²) in [6.45, 7) is 3.97. The summed E-state index contributed by atoms with van der Waals surface area (Å²) in [5.74, 6) is -0.328. The molecule has 5 heteroatoms. The van der Waals surface area contributed by atoms with Crippen LogP contribution in [0.1, 0.15) is 11.1 Å². The summed E-state index contributed by atoms with van der Waals surface area (Å²) >= 11 is 1.46. The van der Waals surface area contributed by atoms with E-state index in [1.807, 2.05) is 26.0 Å². The Kier molecular flexibility index (Phi) is 5.71. The van der Waals surface area contributed by atoms with Crippen molar-refractivity contribution < 1.29 is 14.3 Å². The topological polar surface area (TPSA) is 55.4 Å². The highest BCUT2D eigenvalue weighted by atomic mass is 32.2. The average molecular weight is 267 g/mol. The van der Waals surface area contributed by atoms with E-state index < -0.39 is 5.97 Å². The summed E-state index contributed by atoms with van der Waals surface area (Å²) in [5.41, 5.74) is 2.35. The number of hydrogen-bond acceptors (Lipinski definition) is 4. The number of thioether (sulfide) groups is 1. The normalized spacial score (nSPS) is 9.94. The Balaban J connectivity index is 2.40. The third kappa shape index (κ3) is 4.79. The van der Waals surface area contributed by atoms with Crippen LogP contribution < -0.4 is 5.32 Å². The van der Waals surface area contributed by atoms with Gasteiger partial charge in [-0.3, -0.25) is 9.59 Å². The number of benzene rings is 1. The van der Waals surface area contributed by atoms with Gasteiger partial charge in [0.25, 0.3) is 0 Å². The van der Waals surface area contributed by atoms with Crippen LogP contribution in [0, 0.1) is 13.8 Å². The molecular weight excluding hydrogens is 250 g/mol. The first-order chi connectivity index (χ1) is 8.52. The average Bonchev–Trinajstić information content (AvgIpc) is 2.34. The van der Waals surface area contributed by atoms with Crippen molar-refractivity contribution in [2.45, 2.75) is 18.7 Å². The second-order valence-electron chi connectivity index (χ2n) is 3.91. The van der Waals surface area contributed by atoms with Crippen LogP contribution in [0.2, 0.25) is 0 Å². The minimum Gasteiger partial charge on any atom is -0.468 e. The first kappa shape index (κ1) is 14.6. The van der Waals surface area contributed by atoms with Crippen molar-refractivity contribution in [3.8, 4) is 0 Å². The van der Waals surface area contributed by atoms with Gasteiger partial charge in [-0.05, 0) is 25.5 Å². The number of carbonyl (C=O) groups excluding carboxylic acids is 2. The fourth-order valence-corrected chi connectivity index (χ4v) is 2.24. The number of rotatable bonds is 5. The van der Waals surface area contributed by atoms with Crippen LogP contribution in [0.25, 0.3) is 0 Å². The maximum absolute atomic E-state index is 11.5. The molecule has 18 heavy (non-hydrogen) atoms. The number of hydrogen-bond donors (Lipinski definition) is 1. The van der Waals surface area contributed by atoms with E-state index in [0.29, 0.717) is 5.75 Å². The Morgan fingerprint density at radius 3 is 2.67 bits per heavy atom. The Labute approximate surface area is 111 Å². The number of aryl methyl sites for hydroxylation is 2. The zero-order valence-electron chi connectivity index (χ0n) is 10.8. The molecule has 98 valence electrons. The summed E-state index contributed by atoms with van der Waals surface area (Å²) < 4.78 is 4.44. The molecule has 0 aliphatic carbocycles. The molecule has 0 saturated heterocycles. The van der Waals surface area contributed by atoms with Crippen LogP contribution in [0.3, 0.4) is 0 Å². The Morgan fingerprint density at radius 2 is 2.06 bits per heavy atom. The quantitative estimate of drug-likeness (QED) is 0.651. The smallest absolute Gasteiger partial charge is 0.325 e. The molecule has 0 saturated carbocycles. The number of methoxy groups -OCH3 is 1. The number of ether oxygens (including phenoxy) is 1. The van der Waals surface area contributed by atoms with Crippen LogP contribution in [0.5, 0.6) is 0 Å². The molecule has 0 fully saturated rings. The molecule has 0 radical (unpaired) electrons. The van der Waals surface area contributed by atoms with Gasteiger partial charge in [-0.1, -0.05) is 17.7 Å². The lowest BCUT2D eigenvalue weighted by atomic mass is 10.2. The minimum atomic E-state index is -0.445. The van der Waals surface area contributed by atoms with Crippen LogP contribution >= 0.6 is 11.8 Å². The van der Waals surface area contributed by atoms with Gasteiger partial charge in [0.05, 0.1) is 12.9 Å². The summed E-state index contributed by atoms with van der Waals surface area (Å²) in [6, 6.07) is 6.10. The Hall–Kier alpha value is -1.49. The van der Waals surface area contributed by atoms with Crippen molar-refractivity contribution >= 4 is 23.6 Å². The largest absolute Gasteiger partial charge is 0.468 e. The van der Waals surface area contributed by atoms with Gasteiger partial charge in [0.2, 0.25) is 5.91 Å². The lowest BCUT2D eigenvalue weighted by molar-refractivity contribution is -0.140. The molecule has 1 aromatic rings. The van der Waals surface area contributed by atoms with Crippen molar-refractivity contribution in [1.29, 1.82) is 0 Å². The standard InChI is InChI=1S/C13H17NO3S/c1-9-4-5-11(10(2)6-9)18-8-12(15)14-7-13(16)17-3/h4-6H,7-8H2,1-3H3,(H,14,15). The first-order valence-corrected chi connectivity index (χ1v) is 6.55. The SMILES string of the molecule is COC(=O)CNC(=O)CSc1ccc(C)cc1C. The van der Waals surface area contributed by atoms with Crippen molar-refractivity contribution in [1.82, 2.24) is 5.32 Å². The molecule has 4 nitrogen and oxygen atoms in total. The van der Waals surface area contributed by atoms with Gasteiger partial charge in [-0.15, -0.1) is 11.8 Å². The van der Waals surface area contributed by atoms with E-state index in [0.717, 1.165) is 10.5 Å². The van der Waals surface area contributed by atoms with Crippen LogP contribution in [0.15, 0.2) is 23.1 Å². The van der Waals surface area contributed by atoms with Crippen molar-refractivity contribution in [2.24, 2.45) is 0 Å². The van der Waals surface area contributed by atoms with Gasteiger partial charge in [-0.25, -0.2) is 0 Å². The molecule has 1 N–H and O–H groups in total. The first-order valence-electron chi connectivity index (χ1n) is 5.56. The molecule has 1 aromatic carbocycles. The van der Waals surface area contributed by atoms with E-state index >= 15 is 0 Å². The molecule has 1 rings (SSSR count). The number of nitrogens with one attached hydrogen (secondary N) is 1. The predicted octanol–water partition coefficient (Wildman–Crippen LogP) is 1.68. The van der Waals surface area contributed by atoms with Crippen LogP contribution in [-0.2, 0) is 14.3 Å². The van der Waals surface area contributed by atoms with Gasteiger partial charge in [0, 0.05) is 4.90 Å². The van der Waals surface area contributed by atoms with E-state index in [1.54, 1.807) is 0 Å². The molecule has 1 amide bonds. The maximum atomic E-state index is 11.5. The number of esters is 1. The van der Waals surface area contributed by atoms with Gasteiger partial charge in [0.15, 0.2) is 0 Å². The molecule has 0 unspecified atom stereocenters. The number of carbonyl (C=O) groups is 2. The zero-order chi connectivity index (χ0) is 13.5. The Morgan fingerprint density at radius 1 is 1.33 bits per heavy atom. The van der Waals surface area contributed by atoms with E-state index in [1.165, 1.54) is 24.4 Å². The molecule has 0 spiro atoms. The van der Waals surface area contributed by atoms with E-state index in [-0.39, 0.29) is 12.5 Å². The fourth-order valence-electron chi connectivity index (χ4n) is 1.40. The highest BCUT2D eigenvalue weighted by Crippen LogP contribution is 2.22. The van der Waals surface area contributed by atoms with Crippen molar-refractivity contribution in [3.63, 3.8) is 0 Å². The predicted molar refractivity (Wildman–Crippen MR) is 71.7 cm³/mol. The summed E-state index contributed by atoms with van der Waals surface area (Å²) in [7, 11) is 1.29. The van der Waals surface area contributed by atoms with Crippen molar-refractivity contribution in [3.05, 3.63) is 29.3 Å². The highest BCUT2D eigenvalue weighted by Gasteiger charge is 2.07. The third-order valence-electron chi connectivity index (χ3n) is 2.35. The molecule has 0 aromatic heterocycles. The molecular formula is C13H17NO3S. The fraction of sp³-hybridized carbons (Fsp3) is 0.385. The van der Waals surface area contributed by atoms with Gasteiger partial charge >= 0.3 is 5.97 Å². The van der Waals surface area contributed by atoms with Gasteiger partial charge in [0.1, 0.15) is 6.54 Å². The van der Waals surface area contributed by atoms with E-state index in [4.69, 9.17) is 0 Å². The highest BCUT2D eigenvalue weighted by molar-refractivity contribution is 8.00. The van der Waals surface area contributed by atoms with Gasteiger partial charge in [-0.2, -0.15) is 0 Å². The maximum Gasteiger partial charge on any atom is 0.325 e. The summed E-state index contributed by atoms with van der Waals surface area (Å²) in [4.78, 5) is 23.4. The lowest BCUT2D eigenvalue weighted by Gasteiger charge is -2.07. The van der Waals surface area contributed by atoms with E-state index in [2.05, 4.69) is 16.1 Å². The van der Waals surface area contributed by atoms with Crippen molar-refractivity contribution in [2.75, 3.05) is 19.4 Å².